The van der Waals surface area contributed by atoms with Crippen LogP contribution in [-0.4, -0.2) is 43.8 Å². The molecule has 226 valence electrons. The highest BCUT2D eigenvalue weighted by Crippen LogP contribution is 2.44. The van der Waals surface area contributed by atoms with Crippen LogP contribution in [0.4, 0.5) is 0 Å². The Balaban J connectivity index is 1.64. The third-order valence-corrected chi connectivity index (χ3v) is 9.96. The van der Waals surface area contributed by atoms with E-state index < -0.39 is 0 Å². The molecule has 0 N–H and O–H groups in total. The standard InChI is InChI=1S/C41H36B5NO/c1-20(2)31-28(47-26-14-12-21(40(3,4)5)18-24(26)25-19-22(41(6,7)8)13-15-27(25)47)16-17-30-34(31)32-23(10-9-11-29(32)48-30)33-35(42)37(44)39(46)38(45)36(33)43/h9-20H,1-8H3. The summed E-state index contributed by atoms with van der Waals surface area (Å²) in [5, 5.41) is 4.40. The molecule has 10 radical (unpaired) electrons. The van der Waals surface area contributed by atoms with Gasteiger partial charge in [-0.1, -0.05) is 90.6 Å². The summed E-state index contributed by atoms with van der Waals surface area (Å²) >= 11 is 0. The zero-order chi connectivity index (χ0) is 34.6. The highest BCUT2D eigenvalue weighted by atomic mass is 16.3. The van der Waals surface area contributed by atoms with Crippen LogP contribution in [0.25, 0.3) is 60.6 Å². The molecule has 2 aromatic heterocycles. The molecule has 2 nitrogen and oxygen atoms in total. The van der Waals surface area contributed by atoms with Crippen LogP contribution in [0.3, 0.4) is 0 Å². The highest BCUT2D eigenvalue weighted by molar-refractivity contribution is 6.69. The molecule has 0 amide bonds. The lowest BCUT2D eigenvalue weighted by atomic mass is 9.59. The monoisotopic (exact) mass is 613 g/mol. The van der Waals surface area contributed by atoms with Crippen LogP contribution in [0.5, 0.6) is 0 Å². The molecular weight excluding hydrogens is 577 g/mol. The third-order valence-electron chi connectivity index (χ3n) is 9.96. The largest absolute Gasteiger partial charge is 0.456 e. The lowest BCUT2D eigenvalue weighted by Gasteiger charge is -2.22. The summed E-state index contributed by atoms with van der Waals surface area (Å²) in [4.78, 5) is 0. The number of hydrogen-bond donors (Lipinski definition) is 0. The zero-order valence-electron chi connectivity index (χ0n) is 29.2. The fourth-order valence-corrected chi connectivity index (χ4v) is 7.27. The molecule has 7 rings (SSSR count). The molecule has 7 aromatic rings. The molecular formula is C41H36B5NO. The normalized spacial score (nSPS) is 12.8. The first-order chi connectivity index (χ1) is 22.5. The minimum Gasteiger partial charge on any atom is -0.456 e. The topological polar surface area (TPSA) is 18.1 Å². The average Bonchev–Trinajstić information content (AvgIpc) is 3.57. The number of hydrogen-bond acceptors (Lipinski definition) is 1. The van der Waals surface area contributed by atoms with E-state index in [1.165, 1.54) is 21.9 Å². The number of aromatic nitrogens is 1. The van der Waals surface area contributed by atoms with Gasteiger partial charge in [-0.05, 0) is 87.0 Å². The van der Waals surface area contributed by atoms with Crippen molar-refractivity contribution in [3.05, 3.63) is 83.4 Å². The Labute approximate surface area is 290 Å². The molecule has 0 aliphatic rings. The molecule has 0 bridgehead atoms. The summed E-state index contributed by atoms with van der Waals surface area (Å²) in [6.07, 6.45) is 0. The molecule has 0 saturated carbocycles. The van der Waals surface area contributed by atoms with E-state index in [4.69, 9.17) is 43.6 Å². The van der Waals surface area contributed by atoms with E-state index in [0.717, 1.165) is 49.8 Å². The van der Waals surface area contributed by atoms with Gasteiger partial charge in [0.1, 0.15) is 50.4 Å². The Morgan fingerprint density at radius 2 is 1.08 bits per heavy atom. The van der Waals surface area contributed by atoms with Crippen molar-refractivity contribution in [3.8, 4) is 16.8 Å². The van der Waals surface area contributed by atoms with Crippen molar-refractivity contribution in [3.63, 3.8) is 0 Å². The number of rotatable bonds is 3. The summed E-state index contributed by atoms with van der Waals surface area (Å²) < 4.78 is 8.96. The second kappa shape index (κ2) is 11.0. The third kappa shape index (κ3) is 4.83. The van der Waals surface area contributed by atoms with Crippen LogP contribution < -0.4 is 27.3 Å². The predicted molar refractivity (Wildman–Crippen MR) is 212 cm³/mol. The van der Waals surface area contributed by atoms with Gasteiger partial charge in [0.05, 0.1) is 16.7 Å². The SMILES string of the molecule is [B]c1c([B])c([B])c(-c2cccc3oc4ccc(-n5c6ccc(C(C)(C)C)cc6c6cc(C(C)(C)C)ccc65)c(C(C)C)c4c23)c([B])c1[B]. The number of nitrogens with zero attached hydrogens (tertiary/aromatic N) is 1. The molecule has 0 atom stereocenters. The number of benzene rings is 5. The second-order valence-electron chi connectivity index (χ2n) is 15.5. The molecule has 0 aliphatic heterocycles. The van der Waals surface area contributed by atoms with Crippen molar-refractivity contribution < 1.29 is 4.42 Å². The molecule has 0 fully saturated rings. The van der Waals surface area contributed by atoms with Gasteiger partial charge in [0, 0.05) is 21.5 Å². The van der Waals surface area contributed by atoms with Crippen molar-refractivity contribution in [2.45, 2.75) is 72.1 Å². The zero-order valence-corrected chi connectivity index (χ0v) is 29.2. The maximum absolute atomic E-state index is 6.63. The maximum Gasteiger partial charge on any atom is 0.136 e. The van der Waals surface area contributed by atoms with Crippen LogP contribution in [-0.2, 0) is 10.8 Å². The molecule has 7 heteroatoms. The molecule has 5 aromatic carbocycles. The fourth-order valence-electron chi connectivity index (χ4n) is 7.27. The van der Waals surface area contributed by atoms with Crippen molar-refractivity contribution in [2.75, 3.05) is 0 Å². The van der Waals surface area contributed by atoms with E-state index in [0.29, 0.717) is 16.5 Å². The van der Waals surface area contributed by atoms with E-state index in [9.17, 15) is 0 Å². The summed E-state index contributed by atoms with van der Waals surface area (Å²) in [5.41, 5.74) is 11.3. The van der Waals surface area contributed by atoms with Crippen LogP contribution in [0.15, 0.2) is 71.1 Å². The van der Waals surface area contributed by atoms with Crippen LogP contribution in [0.2, 0.25) is 0 Å². The molecule has 0 aliphatic carbocycles. The van der Waals surface area contributed by atoms with Gasteiger partial charge in [-0.15, -0.1) is 16.4 Å². The second-order valence-corrected chi connectivity index (χ2v) is 15.5. The quantitative estimate of drug-likeness (QED) is 0.223. The molecule has 48 heavy (non-hydrogen) atoms. The Kier molecular flexibility index (Phi) is 7.48. The Bertz CT molecular complexity index is 2350. The van der Waals surface area contributed by atoms with Gasteiger partial charge >= 0.3 is 0 Å². The maximum atomic E-state index is 6.63. The minimum atomic E-state index is 0.0109. The van der Waals surface area contributed by atoms with Gasteiger partial charge in [-0.25, -0.2) is 0 Å². The Morgan fingerprint density at radius 3 is 1.58 bits per heavy atom. The van der Waals surface area contributed by atoms with Crippen LogP contribution >= 0.6 is 0 Å². The molecule has 0 unspecified atom stereocenters. The minimum absolute atomic E-state index is 0.0109. The van der Waals surface area contributed by atoms with Gasteiger partial charge < -0.3 is 8.98 Å². The van der Waals surface area contributed by atoms with Crippen molar-refractivity contribution >= 4 is 110 Å². The van der Waals surface area contributed by atoms with Gasteiger partial charge in [0.25, 0.3) is 0 Å². The summed E-state index contributed by atoms with van der Waals surface area (Å²) in [5.74, 6) is 0.129. The number of furan rings is 1. The predicted octanol–water partition coefficient (Wildman–Crippen LogP) is 6.04. The summed E-state index contributed by atoms with van der Waals surface area (Å²) in [6.45, 7) is 18.1. The van der Waals surface area contributed by atoms with E-state index in [2.05, 4.69) is 108 Å². The smallest absolute Gasteiger partial charge is 0.136 e. The first-order valence-corrected chi connectivity index (χ1v) is 16.6. The first-order valence-electron chi connectivity index (χ1n) is 16.6. The Morgan fingerprint density at radius 1 is 0.583 bits per heavy atom. The van der Waals surface area contributed by atoms with E-state index in [-0.39, 0.29) is 33.1 Å². The van der Waals surface area contributed by atoms with Gasteiger partial charge in [-0.3, -0.25) is 0 Å². The summed E-state index contributed by atoms with van der Waals surface area (Å²) in [6, 6.07) is 24.0. The summed E-state index contributed by atoms with van der Waals surface area (Å²) in [7, 11) is 32.1. The van der Waals surface area contributed by atoms with Gasteiger partial charge in [-0.2, -0.15) is 0 Å². The highest BCUT2D eigenvalue weighted by Gasteiger charge is 2.26. The number of fused-ring (bicyclic) bond motifs is 6. The van der Waals surface area contributed by atoms with E-state index in [1.807, 2.05) is 18.2 Å². The lowest BCUT2D eigenvalue weighted by molar-refractivity contribution is 0.590. The van der Waals surface area contributed by atoms with Gasteiger partial charge in [0.15, 0.2) is 0 Å². The van der Waals surface area contributed by atoms with Crippen molar-refractivity contribution in [1.29, 1.82) is 0 Å². The van der Waals surface area contributed by atoms with E-state index >= 15 is 0 Å². The lowest BCUT2D eigenvalue weighted by Crippen LogP contribution is -2.55. The molecule has 0 saturated heterocycles. The Hall–Kier alpha value is -3.98. The molecule has 0 spiro atoms. The average molecular weight is 613 g/mol. The fraction of sp³-hybridized carbons (Fsp3) is 0.268. The van der Waals surface area contributed by atoms with Crippen LogP contribution in [0.1, 0.15) is 78.0 Å². The van der Waals surface area contributed by atoms with Crippen molar-refractivity contribution in [1.82, 2.24) is 4.57 Å². The van der Waals surface area contributed by atoms with Crippen molar-refractivity contribution in [2.24, 2.45) is 0 Å². The first kappa shape index (κ1) is 32.6. The van der Waals surface area contributed by atoms with E-state index in [1.54, 1.807) is 0 Å². The molecule has 2 heterocycles. The van der Waals surface area contributed by atoms with Crippen LogP contribution in [0, 0.1) is 0 Å². The van der Waals surface area contributed by atoms with Gasteiger partial charge in [0.2, 0.25) is 0 Å².